The number of halogens is 1. The molecule has 2 amide bonds. The highest BCUT2D eigenvalue weighted by Crippen LogP contribution is 2.25. The predicted molar refractivity (Wildman–Crippen MR) is 97.7 cm³/mol. The molecule has 1 fully saturated rings. The average Bonchev–Trinajstić information content (AvgIpc) is 2.61. The number of benzene rings is 1. The van der Waals surface area contributed by atoms with E-state index in [2.05, 4.69) is 5.32 Å². The van der Waals surface area contributed by atoms with Crippen LogP contribution in [-0.2, 0) is 9.59 Å². The summed E-state index contributed by atoms with van der Waals surface area (Å²) in [7, 11) is 0. The van der Waals surface area contributed by atoms with E-state index in [1.807, 2.05) is 11.8 Å². The van der Waals surface area contributed by atoms with Gasteiger partial charge in [-0.15, -0.1) is 0 Å². The van der Waals surface area contributed by atoms with Crippen LogP contribution in [0.3, 0.4) is 0 Å². The zero-order chi connectivity index (χ0) is 18.2. The number of piperidine rings is 1. The Morgan fingerprint density at radius 1 is 1.40 bits per heavy atom. The number of rotatable bonds is 7. The molecule has 1 atom stereocenters. The van der Waals surface area contributed by atoms with Crippen LogP contribution in [0.5, 0.6) is 5.75 Å². The largest absolute Gasteiger partial charge is 0.483 e. The van der Waals surface area contributed by atoms with Crippen molar-refractivity contribution < 1.29 is 14.3 Å². The molecule has 6 nitrogen and oxygen atoms in total. The van der Waals surface area contributed by atoms with E-state index in [1.165, 1.54) is 0 Å². The van der Waals surface area contributed by atoms with Crippen molar-refractivity contribution in [1.82, 2.24) is 10.2 Å². The molecule has 0 spiro atoms. The van der Waals surface area contributed by atoms with Gasteiger partial charge in [0.1, 0.15) is 5.75 Å². The van der Waals surface area contributed by atoms with Crippen LogP contribution in [0, 0.1) is 6.92 Å². The molecule has 1 aromatic rings. The van der Waals surface area contributed by atoms with Crippen LogP contribution < -0.4 is 15.8 Å². The number of amides is 2. The molecule has 3 N–H and O–H groups in total. The van der Waals surface area contributed by atoms with Gasteiger partial charge in [0.25, 0.3) is 5.91 Å². The van der Waals surface area contributed by atoms with Crippen LogP contribution in [0.2, 0.25) is 5.02 Å². The summed E-state index contributed by atoms with van der Waals surface area (Å²) in [5.74, 6) is 0.467. The monoisotopic (exact) mass is 367 g/mol. The summed E-state index contributed by atoms with van der Waals surface area (Å²) in [4.78, 5) is 26.0. The van der Waals surface area contributed by atoms with Crippen LogP contribution >= 0.6 is 11.6 Å². The number of nitrogens with one attached hydrogen (secondary N) is 1. The van der Waals surface area contributed by atoms with E-state index < -0.39 is 0 Å². The van der Waals surface area contributed by atoms with Gasteiger partial charge in [-0.05, 0) is 38.3 Å². The second kappa shape index (κ2) is 9.63. The predicted octanol–water partition coefficient (Wildman–Crippen LogP) is 1.87. The number of carbonyl (C=O) groups is 2. The van der Waals surface area contributed by atoms with Gasteiger partial charge in [0.05, 0.1) is 0 Å². The maximum Gasteiger partial charge on any atom is 0.260 e. The van der Waals surface area contributed by atoms with Gasteiger partial charge in [-0.3, -0.25) is 9.59 Å². The fraction of sp³-hybridized carbons (Fsp3) is 0.556. The summed E-state index contributed by atoms with van der Waals surface area (Å²) in [5.41, 5.74) is 6.20. The van der Waals surface area contributed by atoms with Crippen LogP contribution in [0.1, 0.15) is 31.2 Å². The first-order valence-electron chi connectivity index (χ1n) is 8.67. The minimum atomic E-state index is -0.0775. The van der Waals surface area contributed by atoms with Crippen molar-refractivity contribution in [2.45, 2.75) is 38.6 Å². The molecule has 7 heteroatoms. The Kier molecular flexibility index (Phi) is 7.52. The minimum Gasteiger partial charge on any atom is -0.483 e. The lowest BCUT2D eigenvalue weighted by atomic mass is 10.0. The summed E-state index contributed by atoms with van der Waals surface area (Å²) in [6, 6.07) is 5.39. The molecule has 1 unspecified atom stereocenters. The zero-order valence-electron chi connectivity index (χ0n) is 14.6. The van der Waals surface area contributed by atoms with Gasteiger partial charge in [0.2, 0.25) is 5.91 Å². The van der Waals surface area contributed by atoms with Crippen LogP contribution in [-0.4, -0.2) is 49.0 Å². The molecule has 1 aliphatic heterocycles. The van der Waals surface area contributed by atoms with E-state index in [-0.39, 0.29) is 24.5 Å². The Balaban J connectivity index is 1.91. The highest BCUT2D eigenvalue weighted by Gasteiger charge is 2.27. The third-order valence-corrected chi connectivity index (χ3v) is 4.83. The molecule has 0 bridgehead atoms. The molecule has 1 aliphatic rings. The lowest BCUT2D eigenvalue weighted by Crippen LogP contribution is -2.50. The smallest absolute Gasteiger partial charge is 0.260 e. The number of likely N-dealkylation sites (tertiary alicyclic amines) is 1. The number of carbonyl (C=O) groups excluding carboxylic acids is 2. The summed E-state index contributed by atoms with van der Waals surface area (Å²) >= 11 is 6.07. The molecule has 138 valence electrons. The van der Waals surface area contributed by atoms with Crippen molar-refractivity contribution in [3.05, 3.63) is 28.8 Å². The minimum absolute atomic E-state index is 0.00651. The highest BCUT2D eigenvalue weighted by atomic mass is 35.5. The van der Waals surface area contributed by atoms with Crippen molar-refractivity contribution in [1.29, 1.82) is 0 Å². The Hall–Kier alpha value is -1.79. The maximum atomic E-state index is 12.6. The molecular weight excluding hydrogens is 342 g/mol. The van der Waals surface area contributed by atoms with Gasteiger partial charge in [0.15, 0.2) is 6.61 Å². The second-order valence-corrected chi connectivity index (χ2v) is 6.64. The van der Waals surface area contributed by atoms with Gasteiger partial charge in [-0.2, -0.15) is 0 Å². The highest BCUT2D eigenvalue weighted by molar-refractivity contribution is 6.31. The number of nitrogens with zero attached hydrogens (tertiary/aromatic N) is 1. The van der Waals surface area contributed by atoms with E-state index in [0.717, 1.165) is 24.8 Å². The normalized spacial score (nSPS) is 17.2. The van der Waals surface area contributed by atoms with Gasteiger partial charge in [0, 0.05) is 42.7 Å². The molecule has 0 radical (unpaired) electrons. The molecule has 0 aromatic heterocycles. The molecule has 1 saturated heterocycles. The van der Waals surface area contributed by atoms with E-state index in [0.29, 0.717) is 36.8 Å². The fourth-order valence-corrected chi connectivity index (χ4v) is 3.12. The molecule has 25 heavy (non-hydrogen) atoms. The Labute approximate surface area is 153 Å². The molecule has 0 saturated carbocycles. The van der Waals surface area contributed by atoms with Crippen LogP contribution in [0.4, 0.5) is 0 Å². The second-order valence-electron chi connectivity index (χ2n) is 6.23. The van der Waals surface area contributed by atoms with Gasteiger partial charge < -0.3 is 20.7 Å². The Morgan fingerprint density at radius 2 is 2.20 bits per heavy atom. The molecular formula is C18H26ClN3O3. The van der Waals surface area contributed by atoms with Gasteiger partial charge >= 0.3 is 0 Å². The molecule has 1 aromatic carbocycles. The summed E-state index contributed by atoms with van der Waals surface area (Å²) in [6.45, 7) is 3.30. The summed E-state index contributed by atoms with van der Waals surface area (Å²) in [6.07, 6.45) is 3.20. The molecule has 1 heterocycles. The first kappa shape index (κ1) is 19.5. The Bertz CT molecular complexity index is 609. The standard InChI is InChI=1S/C18H26ClN3O3/c1-13-15(19)6-4-7-16(13)25-12-18(24)22-10-3-2-5-14(22)11-21-17(23)8-9-20/h4,6-7,14H,2-3,5,8-12,20H2,1H3,(H,21,23). The first-order chi connectivity index (χ1) is 12.0. The van der Waals surface area contributed by atoms with Crippen molar-refractivity contribution >= 4 is 23.4 Å². The Morgan fingerprint density at radius 3 is 2.96 bits per heavy atom. The third kappa shape index (κ3) is 5.61. The quantitative estimate of drug-likeness (QED) is 0.770. The van der Waals surface area contributed by atoms with Crippen molar-refractivity contribution in [2.24, 2.45) is 5.73 Å². The van der Waals surface area contributed by atoms with Gasteiger partial charge in [-0.25, -0.2) is 0 Å². The summed E-state index contributed by atoms with van der Waals surface area (Å²) < 4.78 is 5.67. The number of nitrogens with two attached hydrogens (primary N) is 1. The van der Waals surface area contributed by atoms with Crippen molar-refractivity contribution in [3.8, 4) is 5.75 Å². The fourth-order valence-electron chi connectivity index (χ4n) is 2.96. The number of ether oxygens (including phenoxy) is 1. The SMILES string of the molecule is Cc1c(Cl)cccc1OCC(=O)N1CCCCC1CNC(=O)CCN. The average molecular weight is 368 g/mol. The third-order valence-electron chi connectivity index (χ3n) is 4.42. The van der Waals surface area contributed by atoms with E-state index in [9.17, 15) is 9.59 Å². The lowest BCUT2D eigenvalue weighted by Gasteiger charge is -2.35. The topological polar surface area (TPSA) is 84.7 Å². The van der Waals surface area contributed by atoms with E-state index >= 15 is 0 Å². The number of hydrogen-bond acceptors (Lipinski definition) is 4. The van der Waals surface area contributed by atoms with E-state index in [1.54, 1.807) is 18.2 Å². The van der Waals surface area contributed by atoms with Crippen LogP contribution in [0.25, 0.3) is 0 Å². The maximum absolute atomic E-state index is 12.6. The van der Waals surface area contributed by atoms with E-state index in [4.69, 9.17) is 22.1 Å². The van der Waals surface area contributed by atoms with Gasteiger partial charge in [-0.1, -0.05) is 17.7 Å². The van der Waals surface area contributed by atoms with Crippen LogP contribution in [0.15, 0.2) is 18.2 Å². The lowest BCUT2D eigenvalue weighted by molar-refractivity contribution is -0.137. The molecule has 2 rings (SSSR count). The zero-order valence-corrected chi connectivity index (χ0v) is 15.3. The van der Waals surface area contributed by atoms with Crippen molar-refractivity contribution in [2.75, 3.05) is 26.2 Å². The van der Waals surface area contributed by atoms with Crippen molar-refractivity contribution in [3.63, 3.8) is 0 Å². The summed E-state index contributed by atoms with van der Waals surface area (Å²) in [5, 5.41) is 3.47. The number of hydrogen-bond donors (Lipinski definition) is 2. The first-order valence-corrected chi connectivity index (χ1v) is 9.05. The molecule has 0 aliphatic carbocycles.